The molecular weight excluding hydrogens is 206 g/mol. The van der Waals surface area contributed by atoms with Crippen molar-refractivity contribution in [3.8, 4) is 17.2 Å². The van der Waals surface area contributed by atoms with Gasteiger partial charge in [-0.3, -0.25) is 0 Å². The zero-order valence-corrected chi connectivity index (χ0v) is 10.1. The summed E-state index contributed by atoms with van der Waals surface area (Å²) in [6.45, 7) is 7.41. The van der Waals surface area contributed by atoms with E-state index < -0.39 is 0 Å². The first kappa shape index (κ1) is 12.5. The van der Waals surface area contributed by atoms with E-state index in [4.69, 9.17) is 19.9 Å². The number of hydrogen-bond acceptors (Lipinski definition) is 4. The van der Waals surface area contributed by atoms with Gasteiger partial charge in [0, 0.05) is 0 Å². The molecule has 0 saturated carbocycles. The Kier molecular flexibility index (Phi) is 4.76. The molecule has 4 heteroatoms. The molecular formula is C12H19NO3. The Bertz CT molecular complexity index is 339. The Morgan fingerprint density at radius 1 is 0.875 bits per heavy atom. The van der Waals surface area contributed by atoms with Gasteiger partial charge in [0.2, 0.25) is 5.75 Å². The van der Waals surface area contributed by atoms with E-state index in [0.29, 0.717) is 42.8 Å². The highest BCUT2D eigenvalue weighted by Crippen LogP contribution is 2.41. The molecule has 0 fully saturated rings. The number of rotatable bonds is 6. The van der Waals surface area contributed by atoms with E-state index in [1.807, 2.05) is 20.8 Å². The van der Waals surface area contributed by atoms with Crippen molar-refractivity contribution in [1.82, 2.24) is 0 Å². The molecule has 90 valence electrons. The first-order valence-electron chi connectivity index (χ1n) is 5.55. The van der Waals surface area contributed by atoms with E-state index in [9.17, 15) is 0 Å². The van der Waals surface area contributed by atoms with Gasteiger partial charge in [-0.15, -0.1) is 0 Å². The molecule has 0 saturated heterocycles. The number of nitrogen functional groups attached to an aromatic ring is 1. The van der Waals surface area contributed by atoms with Crippen LogP contribution in [0.4, 0.5) is 5.69 Å². The fraction of sp³-hybridized carbons (Fsp3) is 0.500. The largest absolute Gasteiger partial charge is 0.490 e. The van der Waals surface area contributed by atoms with Gasteiger partial charge in [0.1, 0.15) is 0 Å². The monoisotopic (exact) mass is 225 g/mol. The third-order valence-corrected chi connectivity index (χ3v) is 1.98. The Hall–Kier alpha value is -1.58. The van der Waals surface area contributed by atoms with Crippen LogP contribution in [0.25, 0.3) is 0 Å². The van der Waals surface area contributed by atoms with Crippen LogP contribution >= 0.6 is 0 Å². The summed E-state index contributed by atoms with van der Waals surface area (Å²) >= 11 is 0. The number of anilines is 1. The Balaban J connectivity index is 3.14. The lowest BCUT2D eigenvalue weighted by Gasteiger charge is -2.16. The molecule has 0 amide bonds. The minimum atomic E-state index is 0.542. The quantitative estimate of drug-likeness (QED) is 0.756. The van der Waals surface area contributed by atoms with Gasteiger partial charge >= 0.3 is 0 Å². The fourth-order valence-electron chi connectivity index (χ4n) is 1.40. The van der Waals surface area contributed by atoms with Crippen LogP contribution in [0.1, 0.15) is 20.8 Å². The summed E-state index contributed by atoms with van der Waals surface area (Å²) in [6.07, 6.45) is 0. The molecule has 1 aromatic carbocycles. The molecule has 0 aliphatic heterocycles. The second kappa shape index (κ2) is 6.10. The lowest BCUT2D eigenvalue weighted by molar-refractivity contribution is 0.262. The molecule has 1 aromatic rings. The van der Waals surface area contributed by atoms with E-state index >= 15 is 0 Å². The normalized spacial score (nSPS) is 9.94. The van der Waals surface area contributed by atoms with Gasteiger partial charge in [-0.05, 0) is 32.9 Å². The highest BCUT2D eigenvalue weighted by Gasteiger charge is 2.15. The average molecular weight is 225 g/mol. The van der Waals surface area contributed by atoms with Gasteiger partial charge in [-0.25, -0.2) is 0 Å². The van der Waals surface area contributed by atoms with Crippen LogP contribution in [-0.4, -0.2) is 19.8 Å². The number of benzene rings is 1. The van der Waals surface area contributed by atoms with Crippen molar-refractivity contribution < 1.29 is 14.2 Å². The highest BCUT2D eigenvalue weighted by atomic mass is 16.5. The third-order valence-electron chi connectivity index (χ3n) is 1.98. The standard InChI is InChI=1S/C12H19NO3/c1-4-14-10-8-7-9(13)11(15-5-2)12(10)16-6-3/h7-8H,4-6,13H2,1-3H3. The maximum atomic E-state index is 5.84. The molecule has 0 spiro atoms. The van der Waals surface area contributed by atoms with Gasteiger partial charge < -0.3 is 19.9 Å². The van der Waals surface area contributed by atoms with Gasteiger partial charge in [-0.1, -0.05) is 0 Å². The Labute approximate surface area is 96.3 Å². The Morgan fingerprint density at radius 2 is 1.44 bits per heavy atom. The molecule has 4 nitrogen and oxygen atoms in total. The second-order valence-electron chi connectivity index (χ2n) is 3.11. The van der Waals surface area contributed by atoms with Crippen LogP contribution in [0, 0.1) is 0 Å². The second-order valence-corrected chi connectivity index (χ2v) is 3.11. The Morgan fingerprint density at radius 3 is 2.00 bits per heavy atom. The number of nitrogens with two attached hydrogens (primary N) is 1. The predicted octanol–water partition coefficient (Wildman–Crippen LogP) is 2.46. The van der Waals surface area contributed by atoms with Crippen LogP contribution in [-0.2, 0) is 0 Å². The minimum absolute atomic E-state index is 0.542. The van der Waals surface area contributed by atoms with Crippen molar-refractivity contribution in [2.75, 3.05) is 25.6 Å². The predicted molar refractivity (Wildman–Crippen MR) is 64.4 cm³/mol. The van der Waals surface area contributed by atoms with Crippen LogP contribution in [0.2, 0.25) is 0 Å². The van der Waals surface area contributed by atoms with Gasteiger partial charge in [0.05, 0.1) is 25.5 Å². The molecule has 0 atom stereocenters. The summed E-state index contributed by atoms with van der Waals surface area (Å²) in [5.41, 5.74) is 6.41. The van der Waals surface area contributed by atoms with Crippen molar-refractivity contribution in [3.63, 3.8) is 0 Å². The first-order valence-corrected chi connectivity index (χ1v) is 5.55. The van der Waals surface area contributed by atoms with Gasteiger partial charge in [0.15, 0.2) is 11.5 Å². The highest BCUT2D eigenvalue weighted by molar-refractivity contribution is 5.65. The summed E-state index contributed by atoms with van der Waals surface area (Å²) in [7, 11) is 0. The fourth-order valence-corrected chi connectivity index (χ4v) is 1.40. The summed E-state index contributed by atoms with van der Waals surface area (Å²) in [5.74, 6) is 1.82. The molecule has 0 bridgehead atoms. The van der Waals surface area contributed by atoms with Crippen molar-refractivity contribution in [3.05, 3.63) is 12.1 Å². The summed E-state index contributed by atoms with van der Waals surface area (Å²) in [5, 5.41) is 0. The smallest absolute Gasteiger partial charge is 0.205 e. The summed E-state index contributed by atoms with van der Waals surface area (Å²) in [6, 6.07) is 3.56. The molecule has 0 aliphatic rings. The van der Waals surface area contributed by atoms with Gasteiger partial charge in [0.25, 0.3) is 0 Å². The molecule has 0 aliphatic carbocycles. The van der Waals surface area contributed by atoms with Crippen LogP contribution in [0.3, 0.4) is 0 Å². The van der Waals surface area contributed by atoms with Crippen molar-refractivity contribution in [2.24, 2.45) is 0 Å². The number of hydrogen-bond donors (Lipinski definition) is 1. The van der Waals surface area contributed by atoms with Crippen molar-refractivity contribution in [1.29, 1.82) is 0 Å². The SMILES string of the molecule is CCOc1ccc(N)c(OCC)c1OCC. The molecule has 16 heavy (non-hydrogen) atoms. The molecule has 2 N–H and O–H groups in total. The van der Waals surface area contributed by atoms with E-state index in [2.05, 4.69) is 0 Å². The topological polar surface area (TPSA) is 53.7 Å². The average Bonchev–Trinajstić information content (AvgIpc) is 2.27. The zero-order valence-electron chi connectivity index (χ0n) is 10.1. The molecule has 0 heterocycles. The van der Waals surface area contributed by atoms with E-state index in [1.165, 1.54) is 0 Å². The van der Waals surface area contributed by atoms with E-state index in [1.54, 1.807) is 12.1 Å². The first-order chi connectivity index (χ1) is 7.74. The summed E-state index contributed by atoms with van der Waals surface area (Å²) in [4.78, 5) is 0. The minimum Gasteiger partial charge on any atom is -0.490 e. The van der Waals surface area contributed by atoms with Gasteiger partial charge in [-0.2, -0.15) is 0 Å². The van der Waals surface area contributed by atoms with Crippen LogP contribution in [0.15, 0.2) is 12.1 Å². The lowest BCUT2D eigenvalue weighted by atomic mass is 10.2. The maximum absolute atomic E-state index is 5.84. The van der Waals surface area contributed by atoms with E-state index in [-0.39, 0.29) is 0 Å². The maximum Gasteiger partial charge on any atom is 0.205 e. The third kappa shape index (κ3) is 2.72. The molecule has 0 aromatic heterocycles. The van der Waals surface area contributed by atoms with Crippen molar-refractivity contribution in [2.45, 2.75) is 20.8 Å². The van der Waals surface area contributed by atoms with E-state index in [0.717, 1.165) is 0 Å². The summed E-state index contributed by atoms with van der Waals surface area (Å²) < 4.78 is 16.5. The molecule has 0 radical (unpaired) electrons. The number of ether oxygens (including phenoxy) is 3. The zero-order chi connectivity index (χ0) is 12.0. The van der Waals surface area contributed by atoms with Crippen LogP contribution < -0.4 is 19.9 Å². The van der Waals surface area contributed by atoms with Crippen molar-refractivity contribution >= 4 is 5.69 Å². The molecule has 0 unspecified atom stereocenters. The molecule has 1 rings (SSSR count). The van der Waals surface area contributed by atoms with Crippen LogP contribution in [0.5, 0.6) is 17.2 Å². The lowest BCUT2D eigenvalue weighted by Crippen LogP contribution is -2.04.